The van der Waals surface area contributed by atoms with Crippen LogP contribution >= 0.6 is 0 Å². The minimum atomic E-state index is -0.775. The summed E-state index contributed by atoms with van der Waals surface area (Å²) < 4.78 is 5.54. The zero-order chi connectivity index (χ0) is 23.1. The largest absolute Gasteiger partial charge is 0.498 e. The van der Waals surface area contributed by atoms with Crippen LogP contribution in [0.4, 0.5) is 0 Å². The quantitative estimate of drug-likeness (QED) is 0.614. The molecule has 0 aromatic heterocycles. The number of ether oxygens (including phenoxy) is 1. The molecule has 0 saturated carbocycles. The van der Waals surface area contributed by atoms with E-state index < -0.39 is 12.1 Å². The molecule has 1 N–H and O–H groups in total. The van der Waals surface area contributed by atoms with Crippen LogP contribution in [0.2, 0.25) is 0 Å². The zero-order valence-electron chi connectivity index (χ0n) is 19.6. The highest BCUT2D eigenvalue weighted by molar-refractivity contribution is 6.09. The molecule has 2 rings (SSSR count). The van der Waals surface area contributed by atoms with E-state index in [4.69, 9.17) is 4.74 Å². The van der Waals surface area contributed by atoms with Gasteiger partial charge in [0.15, 0.2) is 0 Å². The first kappa shape index (κ1) is 24.6. The van der Waals surface area contributed by atoms with E-state index in [1.807, 2.05) is 51.1 Å². The number of carbonyl (C=O) groups is 3. The molecule has 6 nitrogen and oxygen atoms in total. The third-order valence-corrected chi connectivity index (χ3v) is 5.92. The van der Waals surface area contributed by atoms with Gasteiger partial charge >= 0.3 is 0 Å². The molecule has 0 fully saturated rings. The van der Waals surface area contributed by atoms with Crippen LogP contribution in [0.5, 0.6) is 0 Å². The Hall–Kier alpha value is -2.63. The fourth-order valence-corrected chi connectivity index (χ4v) is 3.96. The topological polar surface area (TPSA) is 75.7 Å². The third-order valence-electron chi connectivity index (χ3n) is 5.92. The van der Waals surface area contributed by atoms with Crippen LogP contribution in [-0.4, -0.2) is 41.8 Å². The van der Waals surface area contributed by atoms with Crippen molar-refractivity contribution in [2.75, 3.05) is 7.11 Å². The summed E-state index contributed by atoms with van der Waals surface area (Å²) in [5, 5.41) is 2.91. The van der Waals surface area contributed by atoms with Crippen molar-refractivity contribution in [1.29, 1.82) is 0 Å². The molecule has 1 aliphatic heterocycles. The van der Waals surface area contributed by atoms with E-state index >= 15 is 0 Å². The molecule has 31 heavy (non-hydrogen) atoms. The number of hydrogen-bond donors (Lipinski definition) is 1. The van der Waals surface area contributed by atoms with Crippen molar-refractivity contribution in [2.45, 2.75) is 72.4 Å². The molecule has 3 atom stereocenters. The summed E-state index contributed by atoms with van der Waals surface area (Å²) in [6, 6.07) is 8.41. The van der Waals surface area contributed by atoms with Gasteiger partial charge in [0.1, 0.15) is 17.8 Å². The molecule has 0 unspecified atom stereocenters. The molecule has 0 aliphatic carbocycles. The van der Waals surface area contributed by atoms with Gasteiger partial charge in [-0.15, -0.1) is 0 Å². The summed E-state index contributed by atoms with van der Waals surface area (Å²) in [6.45, 7) is 9.40. The lowest BCUT2D eigenvalue weighted by Gasteiger charge is -2.31. The van der Waals surface area contributed by atoms with Gasteiger partial charge in [0.05, 0.1) is 12.7 Å². The molecule has 0 saturated heterocycles. The number of nitrogens with one attached hydrogen (secondary N) is 1. The molecule has 1 aromatic rings. The third kappa shape index (κ3) is 5.75. The first-order valence-electron chi connectivity index (χ1n) is 11.2. The van der Waals surface area contributed by atoms with Crippen LogP contribution in [0.25, 0.3) is 0 Å². The SMILES string of the molecule is CCCC[C@@H](C)C(=O)N[C@@H](C(=O)N1C(=O)C(C)=C(OC)[C@@H]1Cc1ccccc1)C(C)C. The molecule has 0 radical (unpaired) electrons. The average molecular weight is 429 g/mol. The van der Waals surface area contributed by atoms with Crippen molar-refractivity contribution in [3.05, 3.63) is 47.2 Å². The second kappa shape index (κ2) is 11.1. The zero-order valence-corrected chi connectivity index (χ0v) is 19.6. The summed E-state index contributed by atoms with van der Waals surface area (Å²) in [5.41, 5.74) is 1.43. The Labute approximate surface area is 186 Å². The van der Waals surface area contributed by atoms with E-state index in [-0.39, 0.29) is 29.6 Å². The molecule has 3 amide bonds. The second-order valence-electron chi connectivity index (χ2n) is 8.69. The number of benzene rings is 1. The van der Waals surface area contributed by atoms with Crippen LogP contribution in [-0.2, 0) is 25.5 Å². The lowest BCUT2D eigenvalue weighted by atomic mass is 9.98. The molecule has 1 aromatic carbocycles. The van der Waals surface area contributed by atoms with Crippen LogP contribution in [0.1, 0.15) is 59.4 Å². The fraction of sp³-hybridized carbons (Fsp3) is 0.560. The molecule has 6 heteroatoms. The number of amides is 3. The van der Waals surface area contributed by atoms with Crippen LogP contribution in [0, 0.1) is 11.8 Å². The van der Waals surface area contributed by atoms with Crippen molar-refractivity contribution >= 4 is 17.7 Å². The lowest BCUT2D eigenvalue weighted by molar-refractivity contribution is -0.147. The molecular formula is C25H36N2O4. The number of methoxy groups -OCH3 is 1. The van der Waals surface area contributed by atoms with Crippen molar-refractivity contribution in [2.24, 2.45) is 11.8 Å². The lowest BCUT2D eigenvalue weighted by Crippen LogP contribution is -2.55. The van der Waals surface area contributed by atoms with Gasteiger partial charge in [-0.2, -0.15) is 0 Å². The second-order valence-corrected chi connectivity index (χ2v) is 8.69. The van der Waals surface area contributed by atoms with Crippen molar-refractivity contribution in [1.82, 2.24) is 10.2 Å². The number of imide groups is 1. The van der Waals surface area contributed by atoms with E-state index in [1.54, 1.807) is 6.92 Å². The summed E-state index contributed by atoms with van der Waals surface area (Å²) >= 11 is 0. The van der Waals surface area contributed by atoms with E-state index in [0.29, 0.717) is 17.8 Å². The van der Waals surface area contributed by atoms with Crippen LogP contribution < -0.4 is 5.32 Å². The Morgan fingerprint density at radius 1 is 1.16 bits per heavy atom. The van der Waals surface area contributed by atoms with Gasteiger partial charge in [-0.25, -0.2) is 0 Å². The minimum absolute atomic E-state index is 0.150. The first-order chi connectivity index (χ1) is 14.7. The minimum Gasteiger partial charge on any atom is -0.498 e. The van der Waals surface area contributed by atoms with Gasteiger partial charge in [-0.05, 0) is 24.8 Å². The summed E-state index contributed by atoms with van der Waals surface area (Å²) in [5.74, 6) is -0.731. The van der Waals surface area contributed by atoms with Gasteiger partial charge in [0.2, 0.25) is 5.91 Å². The van der Waals surface area contributed by atoms with E-state index in [0.717, 1.165) is 24.8 Å². The molecule has 0 spiro atoms. The maximum Gasteiger partial charge on any atom is 0.260 e. The maximum atomic E-state index is 13.6. The number of unbranched alkanes of at least 4 members (excludes halogenated alkanes) is 1. The van der Waals surface area contributed by atoms with Gasteiger partial charge in [0.25, 0.3) is 11.8 Å². The smallest absolute Gasteiger partial charge is 0.260 e. The normalized spacial score (nSPS) is 18.4. The Kier molecular flexibility index (Phi) is 8.84. The molecule has 1 aliphatic rings. The summed E-state index contributed by atoms with van der Waals surface area (Å²) in [4.78, 5) is 40.6. The highest BCUT2D eigenvalue weighted by Gasteiger charge is 2.45. The van der Waals surface area contributed by atoms with Gasteiger partial charge in [-0.3, -0.25) is 19.3 Å². The van der Waals surface area contributed by atoms with Gasteiger partial charge in [0, 0.05) is 12.3 Å². The molecular weight excluding hydrogens is 392 g/mol. The number of rotatable bonds is 10. The van der Waals surface area contributed by atoms with Crippen molar-refractivity contribution in [3.8, 4) is 0 Å². The fourth-order valence-electron chi connectivity index (χ4n) is 3.96. The van der Waals surface area contributed by atoms with Crippen molar-refractivity contribution < 1.29 is 19.1 Å². The van der Waals surface area contributed by atoms with Gasteiger partial charge < -0.3 is 10.1 Å². The average Bonchev–Trinajstić information content (AvgIpc) is 2.99. The Morgan fingerprint density at radius 2 is 1.81 bits per heavy atom. The maximum absolute atomic E-state index is 13.6. The van der Waals surface area contributed by atoms with E-state index in [1.165, 1.54) is 12.0 Å². The van der Waals surface area contributed by atoms with Gasteiger partial charge in [-0.1, -0.05) is 70.9 Å². The van der Waals surface area contributed by atoms with Crippen LogP contribution in [0.3, 0.4) is 0 Å². The Bertz CT molecular complexity index is 816. The highest BCUT2D eigenvalue weighted by atomic mass is 16.5. The predicted octanol–water partition coefficient (Wildman–Crippen LogP) is 3.85. The Balaban J connectivity index is 2.29. The highest BCUT2D eigenvalue weighted by Crippen LogP contribution is 2.30. The van der Waals surface area contributed by atoms with Crippen molar-refractivity contribution in [3.63, 3.8) is 0 Å². The molecule has 170 valence electrons. The molecule has 0 bridgehead atoms. The van der Waals surface area contributed by atoms with Crippen LogP contribution in [0.15, 0.2) is 41.7 Å². The van der Waals surface area contributed by atoms with E-state index in [9.17, 15) is 14.4 Å². The first-order valence-corrected chi connectivity index (χ1v) is 11.2. The summed E-state index contributed by atoms with van der Waals surface area (Å²) in [7, 11) is 1.52. The van der Waals surface area contributed by atoms with E-state index in [2.05, 4.69) is 12.2 Å². The molecule has 1 heterocycles. The monoisotopic (exact) mass is 428 g/mol. The number of carbonyl (C=O) groups excluding carboxylic acids is 3. The number of nitrogens with zero attached hydrogens (tertiary/aromatic N) is 1. The standard InChI is InChI=1S/C25H36N2O4/c1-7-8-12-17(4)23(28)26-21(16(2)3)25(30)27-20(15-19-13-10-9-11-14-19)22(31-6)18(5)24(27)29/h9-11,13-14,16-17,20-21H,7-8,12,15H2,1-6H3,(H,26,28)/t17-,20+,21-/m1/s1. The predicted molar refractivity (Wildman–Crippen MR) is 121 cm³/mol. The number of hydrogen-bond acceptors (Lipinski definition) is 4. The Morgan fingerprint density at radius 3 is 2.35 bits per heavy atom. The summed E-state index contributed by atoms with van der Waals surface area (Å²) in [6.07, 6.45) is 3.21.